The van der Waals surface area contributed by atoms with Gasteiger partial charge in [-0.25, -0.2) is 0 Å². The Hall–Kier alpha value is -2.73. The molecule has 0 aromatic heterocycles. The van der Waals surface area contributed by atoms with Gasteiger partial charge in [-0.1, -0.05) is 25.1 Å². The quantitative estimate of drug-likeness (QED) is 0.796. The van der Waals surface area contributed by atoms with Gasteiger partial charge < -0.3 is 10.2 Å². The average molecular weight is 382 g/mol. The zero-order valence-electron chi connectivity index (χ0n) is 15.3. The first-order valence-electron chi connectivity index (χ1n) is 9.09. The summed E-state index contributed by atoms with van der Waals surface area (Å²) in [5.41, 5.74) is 1.92. The van der Waals surface area contributed by atoms with Crippen molar-refractivity contribution in [3.05, 3.63) is 65.7 Å². The highest BCUT2D eigenvalue weighted by Gasteiger charge is 2.21. The van der Waals surface area contributed by atoms with Gasteiger partial charge in [0.15, 0.2) is 5.11 Å². The van der Waals surface area contributed by atoms with Crippen LogP contribution in [0.5, 0.6) is 0 Å². The molecule has 6 heteroatoms. The molecule has 0 atom stereocenters. The number of rotatable bonds is 3. The van der Waals surface area contributed by atoms with E-state index < -0.39 is 0 Å². The van der Waals surface area contributed by atoms with Crippen molar-refractivity contribution in [3.8, 4) is 0 Å². The molecule has 140 valence electrons. The predicted octanol–water partition coefficient (Wildman–Crippen LogP) is 3.69. The van der Waals surface area contributed by atoms with Gasteiger partial charge in [-0.15, -0.1) is 0 Å². The second kappa shape index (κ2) is 8.77. The largest absolute Gasteiger partial charge is 0.339 e. The summed E-state index contributed by atoms with van der Waals surface area (Å²) >= 11 is 5.19. The highest BCUT2D eigenvalue weighted by Crippen LogP contribution is 2.19. The lowest BCUT2D eigenvalue weighted by Crippen LogP contribution is -2.37. The Bertz CT molecular complexity index is 813. The lowest BCUT2D eigenvalue weighted by Gasteiger charge is -2.30. The number of benzene rings is 2. The molecule has 2 amide bonds. The van der Waals surface area contributed by atoms with E-state index in [0.29, 0.717) is 17.0 Å². The van der Waals surface area contributed by atoms with Crippen molar-refractivity contribution in [2.75, 3.05) is 18.4 Å². The molecule has 1 fully saturated rings. The van der Waals surface area contributed by atoms with Gasteiger partial charge >= 0.3 is 0 Å². The van der Waals surface area contributed by atoms with E-state index in [1.165, 1.54) is 0 Å². The third kappa shape index (κ3) is 5.14. The van der Waals surface area contributed by atoms with Crippen molar-refractivity contribution in [1.82, 2.24) is 10.2 Å². The maximum atomic E-state index is 12.6. The van der Waals surface area contributed by atoms with Crippen molar-refractivity contribution in [2.45, 2.75) is 19.8 Å². The minimum atomic E-state index is -0.265. The van der Waals surface area contributed by atoms with Crippen LogP contribution >= 0.6 is 12.2 Å². The molecule has 1 heterocycles. The van der Waals surface area contributed by atoms with Crippen LogP contribution in [0.2, 0.25) is 0 Å². The van der Waals surface area contributed by atoms with E-state index in [-0.39, 0.29) is 16.9 Å². The molecule has 0 bridgehead atoms. The Kier molecular flexibility index (Phi) is 6.19. The summed E-state index contributed by atoms with van der Waals surface area (Å²) in [6.07, 6.45) is 2.11. The van der Waals surface area contributed by atoms with E-state index in [9.17, 15) is 9.59 Å². The van der Waals surface area contributed by atoms with Crippen LogP contribution in [0.15, 0.2) is 54.6 Å². The second-order valence-corrected chi connectivity index (χ2v) is 7.23. The van der Waals surface area contributed by atoms with Crippen LogP contribution in [-0.2, 0) is 0 Å². The second-order valence-electron chi connectivity index (χ2n) is 6.83. The van der Waals surface area contributed by atoms with Gasteiger partial charge in [-0.2, -0.15) is 0 Å². The number of likely N-dealkylation sites (tertiary alicyclic amines) is 1. The molecule has 1 aliphatic heterocycles. The van der Waals surface area contributed by atoms with E-state index in [1.807, 2.05) is 11.0 Å². The summed E-state index contributed by atoms with van der Waals surface area (Å²) in [7, 11) is 0. The Morgan fingerprint density at radius 2 is 1.59 bits per heavy atom. The lowest BCUT2D eigenvalue weighted by atomic mass is 9.98. The molecule has 2 aromatic rings. The first-order chi connectivity index (χ1) is 13.0. The van der Waals surface area contributed by atoms with Crippen LogP contribution in [0.4, 0.5) is 5.69 Å². The molecular weight excluding hydrogens is 358 g/mol. The third-order valence-corrected chi connectivity index (χ3v) is 4.93. The summed E-state index contributed by atoms with van der Waals surface area (Å²) in [6, 6.07) is 16.0. The van der Waals surface area contributed by atoms with Crippen LogP contribution in [-0.4, -0.2) is 34.9 Å². The van der Waals surface area contributed by atoms with Crippen LogP contribution < -0.4 is 10.6 Å². The fraction of sp³-hybridized carbons (Fsp3) is 0.286. The van der Waals surface area contributed by atoms with Gasteiger partial charge in [0.1, 0.15) is 0 Å². The molecule has 5 nitrogen and oxygen atoms in total. The van der Waals surface area contributed by atoms with Crippen molar-refractivity contribution < 1.29 is 9.59 Å². The molecule has 0 aliphatic carbocycles. The molecular formula is C21H23N3O2S. The predicted molar refractivity (Wildman–Crippen MR) is 111 cm³/mol. The zero-order valence-corrected chi connectivity index (χ0v) is 16.1. The molecule has 2 aromatic carbocycles. The van der Waals surface area contributed by atoms with Crippen LogP contribution in [0.3, 0.4) is 0 Å². The van der Waals surface area contributed by atoms with E-state index in [2.05, 4.69) is 17.6 Å². The topological polar surface area (TPSA) is 61.4 Å². The van der Waals surface area contributed by atoms with Crippen molar-refractivity contribution in [2.24, 2.45) is 5.92 Å². The fourth-order valence-electron chi connectivity index (χ4n) is 3.02. The Morgan fingerprint density at radius 3 is 2.22 bits per heavy atom. The van der Waals surface area contributed by atoms with Crippen LogP contribution in [0, 0.1) is 5.92 Å². The molecule has 1 saturated heterocycles. The highest BCUT2D eigenvalue weighted by atomic mass is 32.1. The summed E-state index contributed by atoms with van der Waals surface area (Å²) in [5, 5.41) is 5.83. The number of anilines is 1. The molecule has 2 N–H and O–H groups in total. The molecule has 0 spiro atoms. The summed E-state index contributed by atoms with van der Waals surface area (Å²) < 4.78 is 0. The molecule has 3 rings (SSSR count). The van der Waals surface area contributed by atoms with Crippen molar-refractivity contribution in [3.63, 3.8) is 0 Å². The molecule has 0 saturated carbocycles. The molecule has 27 heavy (non-hydrogen) atoms. The highest BCUT2D eigenvalue weighted by molar-refractivity contribution is 7.80. The SMILES string of the molecule is CC1CCN(C(=O)c2ccc(NC(=S)NC(=O)c3ccccc3)cc2)CC1. The normalized spacial score (nSPS) is 14.5. The number of carbonyl (C=O) groups excluding carboxylic acids is 2. The third-order valence-electron chi connectivity index (χ3n) is 4.72. The van der Waals surface area contributed by atoms with Crippen molar-refractivity contribution in [1.29, 1.82) is 0 Å². The Balaban J connectivity index is 1.55. The fourth-order valence-corrected chi connectivity index (χ4v) is 3.23. The van der Waals surface area contributed by atoms with Gasteiger partial charge in [0, 0.05) is 29.9 Å². The number of thiocarbonyl (C=S) groups is 1. The monoisotopic (exact) mass is 381 g/mol. The summed E-state index contributed by atoms with van der Waals surface area (Å²) in [6.45, 7) is 3.85. The smallest absolute Gasteiger partial charge is 0.257 e. The van der Waals surface area contributed by atoms with E-state index in [1.54, 1.807) is 48.5 Å². The maximum Gasteiger partial charge on any atom is 0.257 e. The summed E-state index contributed by atoms with van der Waals surface area (Å²) in [5.74, 6) is 0.486. The number of carbonyl (C=O) groups is 2. The number of hydrogen-bond acceptors (Lipinski definition) is 3. The average Bonchev–Trinajstić information content (AvgIpc) is 2.69. The minimum Gasteiger partial charge on any atom is -0.339 e. The van der Waals surface area contributed by atoms with E-state index >= 15 is 0 Å². The molecule has 0 unspecified atom stereocenters. The van der Waals surface area contributed by atoms with Gasteiger partial charge in [-0.3, -0.25) is 14.9 Å². The van der Waals surface area contributed by atoms with Crippen LogP contribution in [0.1, 0.15) is 40.5 Å². The molecule has 0 radical (unpaired) electrons. The van der Waals surface area contributed by atoms with Gasteiger partial charge in [0.05, 0.1) is 0 Å². The zero-order chi connectivity index (χ0) is 19.2. The van der Waals surface area contributed by atoms with Gasteiger partial charge in [0.2, 0.25) is 0 Å². The number of amides is 2. The Labute approximate surface area is 164 Å². The van der Waals surface area contributed by atoms with Crippen molar-refractivity contribution >= 4 is 34.8 Å². The lowest BCUT2D eigenvalue weighted by molar-refractivity contribution is 0.0697. The number of hydrogen-bond donors (Lipinski definition) is 2. The number of nitrogens with one attached hydrogen (secondary N) is 2. The minimum absolute atomic E-state index is 0.0633. The van der Waals surface area contributed by atoms with E-state index in [4.69, 9.17) is 12.2 Å². The maximum absolute atomic E-state index is 12.6. The van der Waals surface area contributed by atoms with Crippen LogP contribution in [0.25, 0.3) is 0 Å². The summed E-state index contributed by atoms with van der Waals surface area (Å²) in [4.78, 5) is 26.6. The van der Waals surface area contributed by atoms with Gasteiger partial charge in [0.25, 0.3) is 11.8 Å². The van der Waals surface area contributed by atoms with Gasteiger partial charge in [-0.05, 0) is 67.4 Å². The molecule has 1 aliphatic rings. The van der Waals surface area contributed by atoms with E-state index in [0.717, 1.165) is 31.6 Å². The number of nitrogens with zero attached hydrogens (tertiary/aromatic N) is 1. The Morgan fingerprint density at radius 1 is 0.963 bits per heavy atom. The standard InChI is InChI=1S/C21H23N3O2S/c1-15-11-13-24(14-12-15)20(26)17-7-9-18(10-8-17)22-21(27)23-19(25)16-5-3-2-4-6-16/h2-10,15H,11-14H2,1H3,(H2,22,23,25,27). The first kappa shape index (κ1) is 19.0. The number of piperidine rings is 1. The first-order valence-corrected chi connectivity index (χ1v) is 9.50.